The lowest BCUT2D eigenvalue weighted by Crippen LogP contribution is -2.06. The Bertz CT molecular complexity index is 233. The molecule has 0 aliphatic rings. The standard InChI is InChI=1S/C8H12N2O.2ClH/c1-9-5-7-6-10-4-3-8(7)11-2;;/h3-4,6,9H,5H2,1-2H3;2*1H. The molecule has 0 radical (unpaired) electrons. The van der Waals surface area contributed by atoms with Gasteiger partial charge in [-0.3, -0.25) is 4.98 Å². The van der Waals surface area contributed by atoms with E-state index in [-0.39, 0.29) is 24.8 Å². The van der Waals surface area contributed by atoms with Crippen LogP contribution in [-0.2, 0) is 6.54 Å². The van der Waals surface area contributed by atoms with Crippen molar-refractivity contribution >= 4 is 24.8 Å². The van der Waals surface area contributed by atoms with Gasteiger partial charge in [-0.25, -0.2) is 0 Å². The second-order valence-corrected chi connectivity index (χ2v) is 2.22. The number of hydrogen-bond donors (Lipinski definition) is 1. The molecular formula is C8H14Cl2N2O. The van der Waals surface area contributed by atoms with Gasteiger partial charge in [0.15, 0.2) is 0 Å². The Morgan fingerprint density at radius 3 is 2.69 bits per heavy atom. The molecule has 0 aliphatic carbocycles. The molecule has 1 aromatic heterocycles. The van der Waals surface area contributed by atoms with Crippen LogP contribution in [0.1, 0.15) is 5.56 Å². The third kappa shape index (κ3) is 4.31. The lowest BCUT2D eigenvalue weighted by molar-refractivity contribution is 0.408. The number of pyridine rings is 1. The van der Waals surface area contributed by atoms with Crippen molar-refractivity contribution in [3.63, 3.8) is 0 Å². The highest BCUT2D eigenvalue weighted by molar-refractivity contribution is 5.85. The molecule has 13 heavy (non-hydrogen) atoms. The summed E-state index contributed by atoms with van der Waals surface area (Å²) < 4.78 is 5.12. The normalized spacial score (nSPS) is 8.15. The second kappa shape index (κ2) is 8.10. The van der Waals surface area contributed by atoms with Crippen LogP contribution in [0.3, 0.4) is 0 Å². The van der Waals surface area contributed by atoms with Crippen LogP contribution in [0.5, 0.6) is 5.75 Å². The zero-order valence-electron chi connectivity index (χ0n) is 7.61. The topological polar surface area (TPSA) is 34.2 Å². The van der Waals surface area contributed by atoms with E-state index in [0.717, 1.165) is 17.9 Å². The summed E-state index contributed by atoms with van der Waals surface area (Å²) in [6.45, 7) is 0.789. The highest BCUT2D eigenvalue weighted by atomic mass is 35.5. The zero-order chi connectivity index (χ0) is 8.10. The van der Waals surface area contributed by atoms with Crippen molar-refractivity contribution in [3.8, 4) is 5.75 Å². The van der Waals surface area contributed by atoms with Gasteiger partial charge in [0.05, 0.1) is 7.11 Å². The SMILES string of the molecule is CNCc1cnccc1OC.Cl.Cl. The minimum atomic E-state index is 0. The zero-order valence-corrected chi connectivity index (χ0v) is 9.24. The average Bonchev–Trinajstić information content (AvgIpc) is 2.06. The molecule has 0 unspecified atom stereocenters. The first kappa shape index (κ1) is 15.0. The van der Waals surface area contributed by atoms with Gasteiger partial charge in [-0.05, 0) is 13.1 Å². The van der Waals surface area contributed by atoms with Gasteiger partial charge in [0.2, 0.25) is 0 Å². The van der Waals surface area contributed by atoms with E-state index < -0.39 is 0 Å². The molecule has 1 rings (SSSR count). The molecule has 0 spiro atoms. The number of methoxy groups -OCH3 is 1. The second-order valence-electron chi connectivity index (χ2n) is 2.22. The minimum Gasteiger partial charge on any atom is -0.496 e. The molecule has 0 amide bonds. The molecule has 5 heteroatoms. The molecule has 0 bridgehead atoms. The number of aromatic nitrogens is 1. The highest BCUT2D eigenvalue weighted by Gasteiger charge is 1.98. The van der Waals surface area contributed by atoms with E-state index in [1.54, 1.807) is 19.5 Å². The maximum atomic E-state index is 5.12. The Morgan fingerprint density at radius 2 is 2.15 bits per heavy atom. The Hall–Kier alpha value is -0.510. The van der Waals surface area contributed by atoms with Crippen LogP contribution in [-0.4, -0.2) is 19.1 Å². The molecule has 76 valence electrons. The fourth-order valence-corrected chi connectivity index (χ4v) is 0.937. The van der Waals surface area contributed by atoms with Crippen LogP contribution in [0.2, 0.25) is 0 Å². The number of hydrogen-bond acceptors (Lipinski definition) is 3. The molecule has 0 saturated heterocycles. The number of halogens is 2. The number of rotatable bonds is 3. The van der Waals surface area contributed by atoms with Crippen LogP contribution in [0.4, 0.5) is 0 Å². The molecule has 3 nitrogen and oxygen atoms in total. The molecule has 0 atom stereocenters. The van der Waals surface area contributed by atoms with E-state index in [2.05, 4.69) is 10.3 Å². The Kier molecular flexibility index (Phi) is 9.34. The van der Waals surface area contributed by atoms with E-state index in [9.17, 15) is 0 Å². The Balaban J connectivity index is 0. The van der Waals surface area contributed by atoms with E-state index in [1.807, 2.05) is 13.1 Å². The van der Waals surface area contributed by atoms with Gasteiger partial charge in [-0.1, -0.05) is 0 Å². The summed E-state index contributed by atoms with van der Waals surface area (Å²) in [6.07, 6.45) is 3.52. The van der Waals surface area contributed by atoms with E-state index in [1.165, 1.54) is 0 Å². The summed E-state index contributed by atoms with van der Waals surface area (Å²) in [7, 11) is 3.56. The summed E-state index contributed by atoms with van der Waals surface area (Å²) in [4.78, 5) is 3.99. The van der Waals surface area contributed by atoms with Crippen LogP contribution in [0.15, 0.2) is 18.5 Å². The van der Waals surface area contributed by atoms with Crippen molar-refractivity contribution in [2.24, 2.45) is 0 Å². The van der Waals surface area contributed by atoms with Gasteiger partial charge < -0.3 is 10.1 Å². The van der Waals surface area contributed by atoms with Gasteiger partial charge in [-0.15, -0.1) is 24.8 Å². The molecule has 0 aromatic carbocycles. The van der Waals surface area contributed by atoms with Gasteiger partial charge in [0.25, 0.3) is 0 Å². The first-order valence-electron chi connectivity index (χ1n) is 3.50. The Morgan fingerprint density at radius 1 is 1.46 bits per heavy atom. The lowest BCUT2D eigenvalue weighted by Gasteiger charge is -2.05. The predicted octanol–water partition coefficient (Wildman–Crippen LogP) is 1.65. The molecule has 1 heterocycles. The quantitative estimate of drug-likeness (QED) is 0.849. The fourth-order valence-electron chi connectivity index (χ4n) is 0.937. The van der Waals surface area contributed by atoms with Crippen LogP contribution in [0.25, 0.3) is 0 Å². The first-order chi connectivity index (χ1) is 5.38. The van der Waals surface area contributed by atoms with Crippen molar-refractivity contribution in [1.82, 2.24) is 10.3 Å². The van der Waals surface area contributed by atoms with E-state index >= 15 is 0 Å². The average molecular weight is 225 g/mol. The van der Waals surface area contributed by atoms with Gasteiger partial charge in [-0.2, -0.15) is 0 Å². The summed E-state index contributed by atoms with van der Waals surface area (Å²) >= 11 is 0. The van der Waals surface area contributed by atoms with Gasteiger partial charge in [0.1, 0.15) is 5.75 Å². The van der Waals surface area contributed by atoms with E-state index in [4.69, 9.17) is 4.74 Å². The molecule has 1 N–H and O–H groups in total. The maximum absolute atomic E-state index is 5.12. The summed E-state index contributed by atoms with van der Waals surface area (Å²) in [5, 5.41) is 3.04. The van der Waals surface area contributed by atoms with Crippen molar-refractivity contribution in [2.75, 3.05) is 14.2 Å². The molecule has 0 fully saturated rings. The number of nitrogens with zero attached hydrogens (tertiary/aromatic N) is 1. The monoisotopic (exact) mass is 224 g/mol. The fraction of sp³-hybridized carbons (Fsp3) is 0.375. The summed E-state index contributed by atoms with van der Waals surface area (Å²) in [5.74, 6) is 0.884. The van der Waals surface area contributed by atoms with Crippen LogP contribution in [0, 0.1) is 0 Å². The number of ether oxygens (including phenoxy) is 1. The summed E-state index contributed by atoms with van der Waals surface area (Å²) in [6, 6.07) is 1.85. The predicted molar refractivity (Wildman–Crippen MR) is 58.0 cm³/mol. The molecule has 0 aliphatic heterocycles. The van der Waals surface area contributed by atoms with Crippen molar-refractivity contribution in [1.29, 1.82) is 0 Å². The summed E-state index contributed by atoms with van der Waals surface area (Å²) in [5.41, 5.74) is 1.08. The molecule has 0 saturated carbocycles. The van der Waals surface area contributed by atoms with Crippen LogP contribution < -0.4 is 10.1 Å². The van der Waals surface area contributed by atoms with Gasteiger partial charge >= 0.3 is 0 Å². The van der Waals surface area contributed by atoms with Crippen molar-refractivity contribution in [3.05, 3.63) is 24.0 Å². The first-order valence-corrected chi connectivity index (χ1v) is 3.50. The Labute approximate surface area is 90.7 Å². The highest BCUT2D eigenvalue weighted by Crippen LogP contribution is 2.14. The van der Waals surface area contributed by atoms with Gasteiger partial charge in [0, 0.05) is 24.5 Å². The lowest BCUT2D eigenvalue weighted by atomic mass is 10.2. The smallest absolute Gasteiger partial charge is 0.126 e. The molecular weight excluding hydrogens is 211 g/mol. The van der Waals surface area contributed by atoms with E-state index in [0.29, 0.717) is 0 Å². The largest absolute Gasteiger partial charge is 0.496 e. The van der Waals surface area contributed by atoms with Crippen molar-refractivity contribution < 1.29 is 4.74 Å². The minimum absolute atomic E-state index is 0. The van der Waals surface area contributed by atoms with Crippen LogP contribution >= 0.6 is 24.8 Å². The molecule has 1 aromatic rings. The maximum Gasteiger partial charge on any atom is 0.126 e. The number of nitrogens with one attached hydrogen (secondary N) is 1. The third-order valence-electron chi connectivity index (χ3n) is 1.45. The van der Waals surface area contributed by atoms with Crippen molar-refractivity contribution in [2.45, 2.75) is 6.54 Å². The third-order valence-corrected chi connectivity index (χ3v) is 1.45.